The van der Waals surface area contributed by atoms with Crippen molar-refractivity contribution in [2.45, 2.75) is 0 Å². The highest BCUT2D eigenvalue weighted by molar-refractivity contribution is 6.08. The fourth-order valence-corrected chi connectivity index (χ4v) is 6.02. The SMILES string of the molecule is c1ccc(-c2cccc(-c3nn4c(-c5ccccn5)cc5ccccc5c4c3-c3cccc(-c4ccccc4)c3)c2)cc1. The van der Waals surface area contributed by atoms with Crippen molar-refractivity contribution in [3.05, 3.63) is 164 Å². The maximum atomic E-state index is 5.40. The monoisotopic (exact) mass is 549 g/mol. The van der Waals surface area contributed by atoms with Gasteiger partial charge in [-0.05, 0) is 63.5 Å². The van der Waals surface area contributed by atoms with E-state index >= 15 is 0 Å². The lowest BCUT2D eigenvalue weighted by molar-refractivity contribution is 0.972. The number of benzene rings is 5. The first-order valence-electron chi connectivity index (χ1n) is 14.5. The van der Waals surface area contributed by atoms with E-state index in [1.807, 2.05) is 18.3 Å². The first kappa shape index (κ1) is 25.0. The van der Waals surface area contributed by atoms with Gasteiger partial charge in [-0.25, -0.2) is 4.52 Å². The number of hydrogen-bond acceptors (Lipinski definition) is 2. The standard InChI is InChI=1S/C40H27N3/c1-3-13-28(14-4-1)30-18-11-20-33(25-30)38-39(34-21-12-19-31(26-34)29-15-5-2-6-16-29)42-43-37(36-23-9-10-24-41-36)27-32-17-7-8-22-35(32)40(38)43/h1-27H. The summed E-state index contributed by atoms with van der Waals surface area (Å²) in [6.07, 6.45) is 1.84. The largest absolute Gasteiger partial charge is 0.255 e. The van der Waals surface area contributed by atoms with Gasteiger partial charge in [-0.3, -0.25) is 4.98 Å². The van der Waals surface area contributed by atoms with Crippen LogP contribution in [0.2, 0.25) is 0 Å². The molecule has 3 heterocycles. The molecule has 0 aliphatic rings. The van der Waals surface area contributed by atoms with Crippen molar-refractivity contribution < 1.29 is 0 Å². The molecule has 0 fully saturated rings. The summed E-state index contributed by atoms with van der Waals surface area (Å²) in [4.78, 5) is 4.74. The number of hydrogen-bond donors (Lipinski definition) is 0. The Morgan fingerprint density at radius 3 is 1.72 bits per heavy atom. The van der Waals surface area contributed by atoms with E-state index in [-0.39, 0.29) is 0 Å². The minimum atomic E-state index is 0.884. The van der Waals surface area contributed by atoms with Crippen LogP contribution in [-0.2, 0) is 0 Å². The van der Waals surface area contributed by atoms with E-state index in [1.165, 1.54) is 16.7 Å². The van der Waals surface area contributed by atoms with Crippen LogP contribution in [0.4, 0.5) is 0 Å². The van der Waals surface area contributed by atoms with Crippen LogP contribution in [-0.4, -0.2) is 14.6 Å². The molecule has 0 saturated carbocycles. The van der Waals surface area contributed by atoms with E-state index < -0.39 is 0 Å². The Balaban J connectivity index is 1.47. The zero-order valence-corrected chi connectivity index (χ0v) is 23.4. The van der Waals surface area contributed by atoms with Gasteiger partial charge in [-0.1, -0.05) is 127 Å². The van der Waals surface area contributed by atoms with Gasteiger partial charge in [0.1, 0.15) is 5.69 Å². The summed E-state index contributed by atoms with van der Waals surface area (Å²) >= 11 is 0. The van der Waals surface area contributed by atoms with Gasteiger partial charge in [0.15, 0.2) is 0 Å². The van der Waals surface area contributed by atoms with Gasteiger partial charge in [0.25, 0.3) is 0 Å². The van der Waals surface area contributed by atoms with Crippen LogP contribution in [0.3, 0.4) is 0 Å². The smallest absolute Gasteiger partial charge is 0.101 e. The molecule has 0 spiro atoms. The molecular formula is C40H27N3. The van der Waals surface area contributed by atoms with Crippen molar-refractivity contribution >= 4 is 16.3 Å². The molecule has 0 aliphatic heterocycles. The van der Waals surface area contributed by atoms with Crippen molar-refractivity contribution in [3.63, 3.8) is 0 Å². The summed E-state index contributed by atoms with van der Waals surface area (Å²) in [6.45, 7) is 0. The quantitative estimate of drug-likeness (QED) is 0.214. The van der Waals surface area contributed by atoms with E-state index in [1.54, 1.807) is 0 Å². The Bertz CT molecular complexity index is 2220. The molecule has 0 bridgehead atoms. The van der Waals surface area contributed by atoms with E-state index in [9.17, 15) is 0 Å². The molecule has 3 aromatic heterocycles. The molecule has 3 heteroatoms. The zero-order valence-electron chi connectivity index (χ0n) is 23.4. The van der Waals surface area contributed by atoms with Crippen LogP contribution >= 0.6 is 0 Å². The maximum Gasteiger partial charge on any atom is 0.101 e. The molecule has 8 rings (SSSR count). The van der Waals surface area contributed by atoms with Crippen molar-refractivity contribution in [3.8, 4) is 56.0 Å². The fraction of sp³-hybridized carbons (Fsp3) is 0. The second-order valence-electron chi connectivity index (χ2n) is 10.7. The Morgan fingerprint density at radius 2 is 1.02 bits per heavy atom. The van der Waals surface area contributed by atoms with E-state index in [2.05, 4.69) is 150 Å². The highest BCUT2D eigenvalue weighted by Gasteiger charge is 2.22. The summed E-state index contributed by atoms with van der Waals surface area (Å²) in [7, 11) is 0. The highest BCUT2D eigenvalue weighted by Crippen LogP contribution is 2.42. The second-order valence-corrected chi connectivity index (χ2v) is 10.7. The van der Waals surface area contributed by atoms with Crippen LogP contribution in [0.1, 0.15) is 0 Å². The van der Waals surface area contributed by atoms with Gasteiger partial charge in [0.05, 0.1) is 16.9 Å². The Kier molecular flexibility index (Phi) is 6.12. The Labute approximate surface area is 250 Å². The van der Waals surface area contributed by atoms with Gasteiger partial charge in [-0.2, -0.15) is 5.10 Å². The van der Waals surface area contributed by atoms with E-state index in [0.29, 0.717) is 0 Å². The lowest BCUT2D eigenvalue weighted by Crippen LogP contribution is -1.97. The van der Waals surface area contributed by atoms with E-state index in [4.69, 9.17) is 10.1 Å². The third-order valence-corrected chi connectivity index (χ3v) is 8.05. The van der Waals surface area contributed by atoms with Gasteiger partial charge < -0.3 is 0 Å². The molecule has 5 aromatic carbocycles. The first-order valence-corrected chi connectivity index (χ1v) is 14.5. The van der Waals surface area contributed by atoms with Crippen LogP contribution in [0.15, 0.2) is 164 Å². The molecule has 0 aliphatic carbocycles. The normalized spacial score (nSPS) is 11.3. The Morgan fingerprint density at radius 1 is 0.442 bits per heavy atom. The minimum Gasteiger partial charge on any atom is -0.255 e. The molecule has 0 unspecified atom stereocenters. The van der Waals surface area contributed by atoms with Gasteiger partial charge >= 0.3 is 0 Å². The fourth-order valence-electron chi connectivity index (χ4n) is 6.02. The summed E-state index contributed by atoms with van der Waals surface area (Å²) < 4.78 is 2.10. The number of aromatic nitrogens is 3. The Hall–Kier alpha value is -5.80. The molecule has 0 saturated heterocycles. The predicted molar refractivity (Wildman–Crippen MR) is 178 cm³/mol. The molecule has 0 N–H and O–H groups in total. The summed E-state index contributed by atoms with van der Waals surface area (Å²) in [6, 6.07) is 55.4. The summed E-state index contributed by atoms with van der Waals surface area (Å²) in [5.74, 6) is 0. The third-order valence-electron chi connectivity index (χ3n) is 8.05. The van der Waals surface area contributed by atoms with Crippen LogP contribution in [0.5, 0.6) is 0 Å². The number of rotatable bonds is 5. The summed E-state index contributed by atoms with van der Waals surface area (Å²) in [5, 5.41) is 7.71. The predicted octanol–water partition coefficient (Wildman–Crippen LogP) is 10.2. The highest BCUT2D eigenvalue weighted by atomic mass is 15.2. The molecule has 0 atom stereocenters. The van der Waals surface area contributed by atoms with E-state index in [0.717, 1.165) is 55.6 Å². The van der Waals surface area contributed by atoms with Crippen LogP contribution in [0, 0.1) is 0 Å². The van der Waals surface area contributed by atoms with Crippen molar-refractivity contribution in [2.24, 2.45) is 0 Å². The lowest BCUT2D eigenvalue weighted by atomic mass is 9.93. The van der Waals surface area contributed by atoms with Crippen molar-refractivity contribution in [1.29, 1.82) is 0 Å². The molecule has 0 radical (unpaired) electrons. The third kappa shape index (κ3) is 4.48. The van der Waals surface area contributed by atoms with Gasteiger partial charge in [-0.15, -0.1) is 0 Å². The molecule has 3 nitrogen and oxygen atoms in total. The van der Waals surface area contributed by atoms with Crippen molar-refractivity contribution in [2.75, 3.05) is 0 Å². The topological polar surface area (TPSA) is 30.2 Å². The van der Waals surface area contributed by atoms with Crippen LogP contribution < -0.4 is 0 Å². The lowest BCUT2D eigenvalue weighted by Gasteiger charge is -2.11. The minimum absolute atomic E-state index is 0.884. The summed E-state index contributed by atoms with van der Waals surface area (Å²) in [5.41, 5.74) is 11.9. The number of nitrogens with zero attached hydrogens (tertiary/aromatic N) is 3. The molecule has 8 aromatic rings. The van der Waals surface area contributed by atoms with Gasteiger partial charge in [0, 0.05) is 22.7 Å². The molecule has 0 amide bonds. The van der Waals surface area contributed by atoms with Gasteiger partial charge in [0.2, 0.25) is 0 Å². The molecule has 43 heavy (non-hydrogen) atoms. The average Bonchev–Trinajstić information content (AvgIpc) is 3.50. The zero-order chi connectivity index (χ0) is 28.6. The average molecular weight is 550 g/mol. The van der Waals surface area contributed by atoms with Crippen molar-refractivity contribution in [1.82, 2.24) is 14.6 Å². The molecular weight excluding hydrogens is 522 g/mol. The maximum absolute atomic E-state index is 5.40. The van der Waals surface area contributed by atoms with Crippen LogP contribution in [0.25, 0.3) is 72.3 Å². The molecule has 202 valence electrons. The number of fused-ring (bicyclic) bond motifs is 3. The first-order chi connectivity index (χ1) is 21.3. The second kappa shape index (κ2) is 10.6. The number of pyridine rings is 2.